The van der Waals surface area contributed by atoms with Gasteiger partial charge in [-0.25, -0.2) is 4.79 Å². The van der Waals surface area contributed by atoms with Crippen molar-refractivity contribution in [3.63, 3.8) is 0 Å². The SMILES string of the molecule is CCCCc1nc(Cn2c(=O)c(C#N)cn(CC)c2=O)no1. The van der Waals surface area contributed by atoms with Crippen LogP contribution in [0.2, 0.25) is 0 Å². The van der Waals surface area contributed by atoms with Gasteiger partial charge in [0.2, 0.25) is 5.89 Å². The van der Waals surface area contributed by atoms with Crippen LogP contribution in [0.4, 0.5) is 0 Å². The quantitative estimate of drug-likeness (QED) is 0.776. The second-order valence-electron chi connectivity index (χ2n) is 4.82. The van der Waals surface area contributed by atoms with Crippen LogP contribution in [0.3, 0.4) is 0 Å². The van der Waals surface area contributed by atoms with Gasteiger partial charge in [0.05, 0.1) is 6.54 Å². The maximum atomic E-state index is 12.2. The third-order valence-corrected chi connectivity index (χ3v) is 3.25. The highest BCUT2D eigenvalue weighted by molar-refractivity contribution is 5.22. The molecule has 8 nitrogen and oxygen atoms in total. The van der Waals surface area contributed by atoms with Gasteiger partial charge in [-0.15, -0.1) is 0 Å². The Morgan fingerprint density at radius 3 is 2.77 bits per heavy atom. The van der Waals surface area contributed by atoms with Crippen LogP contribution in [0.15, 0.2) is 20.3 Å². The van der Waals surface area contributed by atoms with Crippen molar-refractivity contribution >= 4 is 0 Å². The lowest BCUT2D eigenvalue weighted by Gasteiger charge is -2.07. The molecule has 2 heterocycles. The van der Waals surface area contributed by atoms with Crippen molar-refractivity contribution in [3.05, 3.63) is 44.3 Å². The van der Waals surface area contributed by atoms with Crippen LogP contribution >= 0.6 is 0 Å². The van der Waals surface area contributed by atoms with Crippen LogP contribution in [0, 0.1) is 11.3 Å². The van der Waals surface area contributed by atoms with Gasteiger partial charge in [0.15, 0.2) is 5.82 Å². The summed E-state index contributed by atoms with van der Waals surface area (Å²) in [5, 5.41) is 12.8. The molecular weight excluding hydrogens is 286 g/mol. The summed E-state index contributed by atoms with van der Waals surface area (Å²) in [4.78, 5) is 28.5. The first-order valence-electron chi connectivity index (χ1n) is 7.16. The third kappa shape index (κ3) is 3.14. The fourth-order valence-corrected chi connectivity index (χ4v) is 2.02. The standard InChI is InChI=1S/C14H17N5O3/c1-3-5-6-12-16-11(17-22-12)9-19-13(20)10(7-15)8-18(4-2)14(19)21/h8H,3-6,9H2,1-2H3. The number of unbranched alkanes of at least 4 members (excludes halogenated alkanes) is 1. The first kappa shape index (κ1) is 15.7. The summed E-state index contributed by atoms with van der Waals surface area (Å²) in [5.74, 6) is 0.736. The van der Waals surface area contributed by atoms with Crippen molar-refractivity contribution in [3.8, 4) is 6.07 Å². The Hall–Kier alpha value is -2.69. The van der Waals surface area contributed by atoms with E-state index in [1.165, 1.54) is 10.8 Å². The van der Waals surface area contributed by atoms with E-state index in [-0.39, 0.29) is 17.9 Å². The van der Waals surface area contributed by atoms with Gasteiger partial charge in [-0.05, 0) is 13.3 Å². The lowest BCUT2D eigenvalue weighted by atomic mass is 10.2. The molecule has 0 unspecified atom stereocenters. The van der Waals surface area contributed by atoms with E-state index in [1.54, 1.807) is 13.0 Å². The molecule has 2 aromatic heterocycles. The molecule has 2 rings (SSSR count). The topological polar surface area (TPSA) is 107 Å². The highest BCUT2D eigenvalue weighted by atomic mass is 16.5. The monoisotopic (exact) mass is 303 g/mol. The summed E-state index contributed by atoms with van der Waals surface area (Å²) in [6.45, 7) is 4.07. The number of hydrogen-bond acceptors (Lipinski definition) is 6. The lowest BCUT2D eigenvalue weighted by molar-refractivity contribution is 0.368. The summed E-state index contributed by atoms with van der Waals surface area (Å²) in [6.07, 6.45) is 3.86. The zero-order chi connectivity index (χ0) is 16.1. The number of hydrogen-bond donors (Lipinski definition) is 0. The fraction of sp³-hybridized carbons (Fsp3) is 0.500. The van der Waals surface area contributed by atoms with Crippen molar-refractivity contribution in [2.24, 2.45) is 0 Å². The maximum Gasteiger partial charge on any atom is 0.331 e. The third-order valence-electron chi connectivity index (χ3n) is 3.25. The molecule has 0 aliphatic heterocycles. The number of aryl methyl sites for hydroxylation is 2. The van der Waals surface area contributed by atoms with Gasteiger partial charge >= 0.3 is 5.69 Å². The summed E-state index contributed by atoms with van der Waals surface area (Å²) in [7, 11) is 0. The molecule has 0 aliphatic rings. The minimum atomic E-state index is -0.642. The first-order chi connectivity index (χ1) is 10.6. The van der Waals surface area contributed by atoms with E-state index >= 15 is 0 Å². The predicted octanol–water partition coefficient (Wildman–Crippen LogP) is 0.675. The highest BCUT2D eigenvalue weighted by Crippen LogP contribution is 2.03. The summed E-state index contributed by atoms with van der Waals surface area (Å²) in [6, 6.07) is 1.80. The zero-order valence-corrected chi connectivity index (χ0v) is 12.6. The molecule has 22 heavy (non-hydrogen) atoms. The highest BCUT2D eigenvalue weighted by Gasteiger charge is 2.14. The van der Waals surface area contributed by atoms with Crippen LogP contribution in [-0.4, -0.2) is 19.3 Å². The van der Waals surface area contributed by atoms with Crippen LogP contribution in [0.25, 0.3) is 0 Å². The molecule has 0 radical (unpaired) electrons. The molecule has 0 N–H and O–H groups in total. The average molecular weight is 303 g/mol. The predicted molar refractivity (Wildman–Crippen MR) is 77.4 cm³/mol. The second-order valence-corrected chi connectivity index (χ2v) is 4.82. The maximum absolute atomic E-state index is 12.2. The first-order valence-corrected chi connectivity index (χ1v) is 7.16. The number of nitriles is 1. The minimum Gasteiger partial charge on any atom is -0.339 e. The fourth-order valence-electron chi connectivity index (χ4n) is 2.02. The van der Waals surface area contributed by atoms with Gasteiger partial charge in [0, 0.05) is 19.2 Å². The molecule has 0 fully saturated rings. The van der Waals surface area contributed by atoms with Gasteiger partial charge in [-0.3, -0.25) is 13.9 Å². The largest absolute Gasteiger partial charge is 0.339 e. The number of rotatable bonds is 6. The van der Waals surface area contributed by atoms with Crippen LogP contribution in [-0.2, 0) is 19.5 Å². The van der Waals surface area contributed by atoms with Crippen molar-refractivity contribution in [2.75, 3.05) is 0 Å². The molecule has 0 amide bonds. The Labute approximate surface area is 126 Å². The molecule has 8 heteroatoms. The molecule has 0 saturated carbocycles. The molecular formula is C14H17N5O3. The normalized spacial score (nSPS) is 10.6. The van der Waals surface area contributed by atoms with Crippen molar-refractivity contribution < 1.29 is 4.52 Å². The van der Waals surface area contributed by atoms with Crippen LogP contribution < -0.4 is 11.2 Å². The Kier molecular flexibility index (Phi) is 4.88. The van der Waals surface area contributed by atoms with Crippen LogP contribution in [0.1, 0.15) is 44.0 Å². The summed E-state index contributed by atoms with van der Waals surface area (Å²) >= 11 is 0. The van der Waals surface area contributed by atoms with Gasteiger partial charge in [0.1, 0.15) is 11.6 Å². The van der Waals surface area contributed by atoms with Gasteiger partial charge in [-0.2, -0.15) is 10.2 Å². The second kappa shape index (κ2) is 6.85. The molecule has 0 aromatic carbocycles. The van der Waals surface area contributed by atoms with E-state index < -0.39 is 11.2 Å². The van der Waals surface area contributed by atoms with E-state index in [4.69, 9.17) is 9.78 Å². The number of aromatic nitrogens is 4. The lowest BCUT2D eigenvalue weighted by Crippen LogP contribution is -2.41. The zero-order valence-electron chi connectivity index (χ0n) is 12.6. The molecule has 0 saturated heterocycles. The molecule has 116 valence electrons. The van der Waals surface area contributed by atoms with Gasteiger partial charge in [-0.1, -0.05) is 18.5 Å². The Morgan fingerprint density at radius 2 is 2.14 bits per heavy atom. The minimum absolute atomic E-state index is 0.0869. The van der Waals surface area contributed by atoms with Crippen molar-refractivity contribution in [2.45, 2.75) is 46.2 Å². The van der Waals surface area contributed by atoms with Crippen LogP contribution in [0.5, 0.6) is 0 Å². The Balaban J connectivity index is 2.37. The molecule has 0 bridgehead atoms. The molecule has 0 aliphatic carbocycles. The molecule has 0 spiro atoms. The Morgan fingerprint density at radius 1 is 1.36 bits per heavy atom. The van der Waals surface area contributed by atoms with E-state index in [9.17, 15) is 9.59 Å². The van der Waals surface area contributed by atoms with E-state index in [2.05, 4.69) is 17.1 Å². The summed E-state index contributed by atoms with van der Waals surface area (Å²) in [5.41, 5.74) is -1.22. The van der Waals surface area contributed by atoms with Gasteiger partial charge < -0.3 is 4.52 Å². The van der Waals surface area contributed by atoms with Crippen molar-refractivity contribution in [1.82, 2.24) is 19.3 Å². The molecule has 2 aromatic rings. The molecule has 0 atom stereocenters. The number of nitrogens with zero attached hydrogens (tertiary/aromatic N) is 5. The van der Waals surface area contributed by atoms with Gasteiger partial charge in [0.25, 0.3) is 5.56 Å². The summed E-state index contributed by atoms with van der Waals surface area (Å²) < 4.78 is 7.34. The van der Waals surface area contributed by atoms with Crippen molar-refractivity contribution in [1.29, 1.82) is 5.26 Å². The van der Waals surface area contributed by atoms with E-state index in [0.717, 1.165) is 17.4 Å². The van der Waals surface area contributed by atoms with E-state index in [0.29, 0.717) is 18.9 Å². The van der Waals surface area contributed by atoms with E-state index in [1.807, 2.05) is 0 Å². The average Bonchev–Trinajstić information content (AvgIpc) is 2.97. The Bertz CT molecular complexity index is 809. The smallest absolute Gasteiger partial charge is 0.331 e.